The minimum absolute atomic E-state index is 0.171. The van der Waals surface area contributed by atoms with Crippen LogP contribution < -0.4 is 15.8 Å². The fourth-order valence-electron chi connectivity index (χ4n) is 2.21. The van der Waals surface area contributed by atoms with Crippen LogP contribution in [-0.4, -0.2) is 17.9 Å². The molecule has 6 nitrogen and oxygen atoms in total. The number of nitrogens with two attached hydrogens (primary N) is 1. The van der Waals surface area contributed by atoms with Gasteiger partial charge in [-0.3, -0.25) is 4.79 Å². The quantitative estimate of drug-likeness (QED) is 0.682. The maximum atomic E-state index is 12.6. The Balaban J connectivity index is 1.84. The summed E-state index contributed by atoms with van der Waals surface area (Å²) in [6.45, 7) is 0. The van der Waals surface area contributed by atoms with Gasteiger partial charge in [-0.2, -0.15) is 5.26 Å². The van der Waals surface area contributed by atoms with Crippen LogP contribution >= 0.6 is 11.3 Å². The fraction of sp³-hybridized carbons (Fsp3) is 0.0556. The van der Waals surface area contributed by atoms with Crippen LogP contribution in [0.15, 0.2) is 48.5 Å². The third kappa shape index (κ3) is 3.59. The van der Waals surface area contributed by atoms with E-state index in [1.165, 1.54) is 11.3 Å². The Labute approximate surface area is 148 Å². The molecule has 1 aromatic heterocycles. The summed E-state index contributed by atoms with van der Waals surface area (Å²) in [4.78, 5) is 17.2. The Morgan fingerprint density at radius 1 is 1.28 bits per heavy atom. The van der Waals surface area contributed by atoms with E-state index in [1.807, 2.05) is 6.07 Å². The van der Waals surface area contributed by atoms with E-state index in [-0.39, 0.29) is 11.6 Å². The molecule has 3 aromatic rings. The zero-order chi connectivity index (χ0) is 17.8. The molecule has 0 fully saturated rings. The summed E-state index contributed by atoms with van der Waals surface area (Å²) in [6, 6.07) is 15.9. The van der Waals surface area contributed by atoms with Crippen molar-refractivity contribution in [1.82, 2.24) is 4.98 Å². The van der Waals surface area contributed by atoms with Crippen molar-refractivity contribution < 1.29 is 9.53 Å². The minimum Gasteiger partial charge on any atom is -0.497 e. The van der Waals surface area contributed by atoms with Gasteiger partial charge in [-0.15, -0.1) is 0 Å². The number of nitrogens with one attached hydrogen (secondary N) is 1. The monoisotopic (exact) mass is 350 g/mol. The Bertz CT molecular complexity index is 958. The Hall–Kier alpha value is -3.37. The molecule has 7 heteroatoms. The first-order valence-electron chi connectivity index (χ1n) is 7.33. The zero-order valence-corrected chi connectivity index (χ0v) is 14.1. The summed E-state index contributed by atoms with van der Waals surface area (Å²) in [5.74, 6) is 0.648. The minimum atomic E-state index is -0.198. The molecule has 0 radical (unpaired) electrons. The van der Waals surface area contributed by atoms with Gasteiger partial charge in [0.05, 0.1) is 18.7 Å². The van der Waals surface area contributed by atoms with Crippen LogP contribution in [0, 0.1) is 11.3 Å². The normalized spacial score (nSPS) is 10.1. The summed E-state index contributed by atoms with van der Waals surface area (Å²) in [5, 5.41) is 12.5. The second-order valence-corrected chi connectivity index (χ2v) is 6.11. The lowest BCUT2D eigenvalue weighted by Gasteiger charge is -2.02. The highest BCUT2D eigenvalue weighted by molar-refractivity contribution is 7.18. The third-order valence-electron chi connectivity index (χ3n) is 3.45. The number of aromatic nitrogens is 1. The van der Waals surface area contributed by atoms with Crippen molar-refractivity contribution in [2.75, 3.05) is 18.2 Å². The molecule has 3 N–H and O–H groups in total. The topological polar surface area (TPSA) is 101 Å². The largest absolute Gasteiger partial charge is 0.497 e. The lowest BCUT2D eigenvalue weighted by molar-refractivity contribution is 0.104. The molecule has 0 spiro atoms. The van der Waals surface area contributed by atoms with Gasteiger partial charge in [0.1, 0.15) is 16.4 Å². The highest BCUT2D eigenvalue weighted by Crippen LogP contribution is 2.30. The summed E-state index contributed by atoms with van der Waals surface area (Å²) >= 11 is 1.17. The van der Waals surface area contributed by atoms with E-state index < -0.39 is 0 Å². The molecule has 124 valence electrons. The van der Waals surface area contributed by atoms with Crippen molar-refractivity contribution >= 4 is 33.8 Å². The van der Waals surface area contributed by atoms with Gasteiger partial charge >= 0.3 is 0 Å². The van der Waals surface area contributed by atoms with Gasteiger partial charge in [-0.05, 0) is 42.5 Å². The van der Waals surface area contributed by atoms with Gasteiger partial charge in [-0.25, -0.2) is 4.98 Å². The molecular formula is C18H14N4O2S. The predicted octanol–water partition coefficient (Wildman–Crippen LogP) is 3.58. The number of ketones is 1. The van der Waals surface area contributed by atoms with Crippen LogP contribution in [0.25, 0.3) is 0 Å². The molecule has 0 saturated carbocycles. The lowest BCUT2D eigenvalue weighted by Crippen LogP contribution is -2.02. The zero-order valence-electron chi connectivity index (χ0n) is 13.3. The number of carbonyl (C=O) groups is 1. The number of methoxy groups -OCH3 is 1. The molecule has 0 bridgehead atoms. The number of hydrogen-bond acceptors (Lipinski definition) is 7. The SMILES string of the molecule is COc1ccc(C(=O)c2sc(Nc3cccc(C#N)c3)nc2N)cc1. The van der Waals surface area contributed by atoms with Crippen LogP contribution in [-0.2, 0) is 0 Å². The number of benzene rings is 2. The number of nitrogen functional groups attached to an aromatic ring is 1. The standard InChI is InChI=1S/C18H14N4O2S/c1-24-14-7-5-12(6-8-14)15(23)16-17(20)22-18(25-16)21-13-4-2-3-11(9-13)10-19/h2-9H,20H2,1H3,(H,21,22). The first kappa shape index (κ1) is 16.5. The van der Waals surface area contributed by atoms with Crippen LogP contribution in [0.1, 0.15) is 20.8 Å². The molecule has 2 aromatic carbocycles. The summed E-state index contributed by atoms with van der Waals surface area (Å²) in [6.07, 6.45) is 0. The van der Waals surface area contributed by atoms with Crippen molar-refractivity contribution in [3.8, 4) is 11.8 Å². The Morgan fingerprint density at radius 2 is 2.04 bits per heavy atom. The molecule has 0 unspecified atom stereocenters. The maximum Gasteiger partial charge on any atom is 0.206 e. The molecule has 3 rings (SSSR count). The smallest absolute Gasteiger partial charge is 0.206 e. The maximum absolute atomic E-state index is 12.6. The van der Waals surface area contributed by atoms with Crippen molar-refractivity contribution in [2.24, 2.45) is 0 Å². The average molecular weight is 350 g/mol. The van der Waals surface area contributed by atoms with Gasteiger partial charge in [0, 0.05) is 11.3 Å². The first-order chi connectivity index (χ1) is 12.1. The number of rotatable bonds is 5. The molecule has 0 saturated heterocycles. The van der Waals surface area contributed by atoms with Gasteiger partial charge in [0.15, 0.2) is 5.13 Å². The van der Waals surface area contributed by atoms with Gasteiger partial charge in [0.2, 0.25) is 5.78 Å². The van der Waals surface area contributed by atoms with Crippen molar-refractivity contribution in [3.05, 3.63) is 64.5 Å². The summed E-state index contributed by atoms with van der Waals surface area (Å²) in [5.41, 5.74) is 7.65. The second-order valence-electron chi connectivity index (χ2n) is 5.11. The van der Waals surface area contributed by atoms with Crippen molar-refractivity contribution in [3.63, 3.8) is 0 Å². The average Bonchev–Trinajstić information content (AvgIpc) is 3.01. The number of ether oxygens (including phenoxy) is 1. The molecule has 25 heavy (non-hydrogen) atoms. The van der Waals surface area contributed by atoms with Crippen molar-refractivity contribution in [1.29, 1.82) is 5.26 Å². The van der Waals surface area contributed by atoms with Crippen LogP contribution in [0.3, 0.4) is 0 Å². The number of hydrogen-bond donors (Lipinski definition) is 2. The van der Waals surface area contributed by atoms with E-state index in [9.17, 15) is 4.79 Å². The highest BCUT2D eigenvalue weighted by Gasteiger charge is 2.18. The number of anilines is 3. The van der Waals surface area contributed by atoms with Crippen LogP contribution in [0.5, 0.6) is 5.75 Å². The van der Waals surface area contributed by atoms with E-state index in [0.29, 0.717) is 32.6 Å². The predicted molar refractivity (Wildman–Crippen MR) is 97.4 cm³/mol. The first-order valence-corrected chi connectivity index (χ1v) is 8.14. The highest BCUT2D eigenvalue weighted by atomic mass is 32.1. The summed E-state index contributed by atoms with van der Waals surface area (Å²) in [7, 11) is 1.57. The van der Waals surface area contributed by atoms with Crippen molar-refractivity contribution in [2.45, 2.75) is 0 Å². The van der Waals surface area contributed by atoms with Gasteiger partial charge in [-0.1, -0.05) is 17.4 Å². The molecule has 0 aliphatic carbocycles. The van der Waals surface area contributed by atoms with E-state index in [1.54, 1.807) is 49.6 Å². The number of nitrogens with zero attached hydrogens (tertiary/aromatic N) is 2. The fourth-order valence-corrected chi connectivity index (χ4v) is 3.08. The molecule has 0 aliphatic heterocycles. The Kier molecular flexibility index (Phi) is 4.64. The van der Waals surface area contributed by atoms with Crippen LogP contribution in [0.4, 0.5) is 16.6 Å². The lowest BCUT2D eigenvalue weighted by atomic mass is 10.1. The molecule has 0 aliphatic rings. The van der Waals surface area contributed by atoms with E-state index >= 15 is 0 Å². The van der Waals surface area contributed by atoms with Crippen LogP contribution in [0.2, 0.25) is 0 Å². The van der Waals surface area contributed by atoms with E-state index in [0.717, 1.165) is 0 Å². The molecular weight excluding hydrogens is 336 g/mol. The van der Waals surface area contributed by atoms with E-state index in [2.05, 4.69) is 16.4 Å². The Morgan fingerprint density at radius 3 is 2.72 bits per heavy atom. The second kappa shape index (κ2) is 7.03. The molecule has 0 atom stereocenters. The molecule has 1 heterocycles. The summed E-state index contributed by atoms with van der Waals surface area (Å²) < 4.78 is 5.09. The number of nitriles is 1. The number of thiazole rings is 1. The molecule has 0 amide bonds. The third-order valence-corrected chi connectivity index (χ3v) is 4.44. The van der Waals surface area contributed by atoms with Gasteiger partial charge in [0.25, 0.3) is 0 Å². The number of carbonyl (C=O) groups excluding carboxylic acids is 1. The van der Waals surface area contributed by atoms with Gasteiger partial charge < -0.3 is 15.8 Å². The van der Waals surface area contributed by atoms with E-state index in [4.69, 9.17) is 15.7 Å².